The van der Waals surface area contributed by atoms with E-state index in [1.54, 1.807) is 6.92 Å². The Morgan fingerprint density at radius 3 is 2.09 bits per heavy atom. The third-order valence-corrected chi connectivity index (χ3v) is 5.97. The Bertz CT molecular complexity index is 998. The van der Waals surface area contributed by atoms with Gasteiger partial charge in [0.1, 0.15) is 6.61 Å². The summed E-state index contributed by atoms with van der Waals surface area (Å²) in [5.74, 6) is -1.82. The highest BCUT2D eigenvalue weighted by molar-refractivity contribution is 5.81. The minimum Gasteiger partial charge on any atom is -0.481 e. The van der Waals surface area contributed by atoms with Crippen molar-refractivity contribution < 1.29 is 24.2 Å². The van der Waals surface area contributed by atoms with Gasteiger partial charge >= 0.3 is 12.1 Å². The molecule has 2 aromatic carbocycles. The SMILES string of the molecule is CC(CNC(=O)OCC1c2ccccc2-c2ccccc21)C(=O)NC(CC(=O)O)CC(C)(C)C. The van der Waals surface area contributed by atoms with Crippen LogP contribution in [-0.4, -0.2) is 42.3 Å². The minimum atomic E-state index is -0.959. The first-order chi connectivity index (χ1) is 16.0. The highest BCUT2D eigenvalue weighted by atomic mass is 16.5. The van der Waals surface area contributed by atoms with Crippen molar-refractivity contribution in [3.8, 4) is 11.1 Å². The van der Waals surface area contributed by atoms with Crippen LogP contribution in [-0.2, 0) is 14.3 Å². The average molecular weight is 467 g/mol. The third-order valence-electron chi connectivity index (χ3n) is 5.97. The molecule has 0 aromatic heterocycles. The molecule has 0 heterocycles. The molecule has 0 bridgehead atoms. The van der Waals surface area contributed by atoms with E-state index in [0.717, 1.165) is 22.3 Å². The summed E-state index contributed by atoms with van der Waals surface area (Å²) in [7, 11) is 0. The van der Waals surface area contributed by atoms with Crippen molar-refractivity contribution in [2.75, 3.05) is 13.2 Å². The number of aliphatic carboxylic acids is 1. The van der Waals surface area contributed by atoms with Gasteiger partial charge in [-0.15, -0.1) is 0 Å². The number of benzene rings is 2. The molecule has 3 N–H and O–H groups in total. The lowest BCUT2D eigenvalue weighted by Gasteiger charge is -2.27. The number of hydrogen-bond acceptors (Lipinski definition) is 4. The number of ether oxygens (including phenoxy) is 1. The summed E-state index contributed by atoms with van der Waals surface area (Å²) in [4.78, 5) is 36.1. The van der Waals surface area contributed by atoms with Crippen LogP contribution < -0.4 is 10.6 Å². The monoisotopic (exact) mass is 466 g/mol. The molecular weight excluding hydrogens is 432 g/mol. The highest BCUT2D eigenvalue weighted by Gasteiger charge is 2.29. The molecule has 7 heteroatoms. The van der Waals surface area contributed by atoms with Crippen LogP contribution in [0.5, 0.6) is 0 Å². The van der Waals surface area contributed by atoms with Crippen molar-refractivity contribution in [3.05, 3.63) is 59.7 Å². The first-order valence-electron chi connectivity index (χ1n) is 11.7. The van der Waals surface area contributed by atoms with Gasteiger partial charge in [-0.3, -0.25) is 9.59 Å². The fourth-order valence-electron chi connectivity index (χ4n) is 4.45. The molecule has 2 aromatic rings. The summed E-state index contributed by atoms with van der Waals surface area (Å²) in [5.41, 5.74) is 4.45. The van der Waals surface area contributed by atoms with E-state index < -0.39 is 24.0 Å². The maximum Gasteiger partial charge on any atom is 0.407 e. The van der Waals surface area contributed by atoms with Crippen molar-refractivity contribution >= 4 is 18.0 Å². The molecule has 1 aliphatic rings. The molecular formula is C27H34N2O5. The number of alkyl carbamates (subject to hydrolysis) is 1. The normalized spacial score (nSPS) is 14.5. The number of amides is 2. The number of nitrogens with one attached hydrogen (secondary N) is 2. The second kappa shape index (κ2) is 10.7. The predicted molar refractivity (Wildman–Crippen MR) is 130 cm³/mol. The molecule has 0 spiro atoms. The second-order valence-electron chi connectivity index (χ2n) is 10.2. The first kappa shape index (κ1) is 25.3. The number of carbonyl (C=O) groups is 3. The van der Waals surface area contributed by atoms with Crippen molar-refractivity contribution in [2.24, 2.45) is 11.3 Å². The number of hydrogen-bond donors (Lipinski definition) is 3. The van der Waals surface area contributed by atoms with Gasteiger partial charge in [0, 0.05) is 18.5 Å². The standard InChI is InChI=1S/C27H34N2O5/c1-17(25(32)29-18(13-24(30)31)14-27(2,3)4)15-28-26(33)34-16-23-21-11-7-5-9-19(21)20-10-6-8-12-22(20)23/h5-12,17-18,23H,13-16H2,1-4H3,(H,28,33)(H,29,32)(H,30,31). The number of carbonyl (C=O) groups excluding carboxylic acids is 2. The molecule has 0 aliphatic heterocycles. The Kier molecular flexibility index (Phi) is 7.97. The Hall–Kier alpha value is -3.35. The van der Waals surface area contributed by atoms with Gasteiger partial charge < -0.3 is 20.5 Å². The first-order valence-corrected chi connectivity index (χ1v) is 11.7. The zero-order valence-electron chi connectivity index (χ0n) is 20.3. The molecule has 0 fully saturated rings. The van der Waals surface area contributed by atoms with Crippen LogP contribution in [0.15, 0.2) is 48.5 Å². The van der Waals surface area contributed by atoms with Crippen molar-refractivity contribution in [2.45, 2.75) is 52.5 Å². The van der Waals surface area contributed by atoms with Crippen LogP contribution in [0.2, 0.25) is 0 Å². The van der Waals surface area contributed by atoms with Crippen LogP contribution in [0.1, 0.15) is 57.6 Å². The van der Waals surface area contributed by atoms with Crippen molar-refractivity contribution in [1.29, 1.82) is 0 Å². The Labute approximate surface area is 200 Å². The molecule has 0 saturated carbocycles. The molecule has 2 amide bonds. The van der Waals surface area contributed by atoms with Gasteiger partial charge in [0.2, 0.25) is 5.91 Å². The summed E-state index contributed by atoms with van der Waals surface area (Å²) >= 11 is 0. The number of fused-ring (bicyclic) bond motifs is 3. The quantitative estimate of drug-likeness (QED) is 0.503. The zero-order valence-corrected chi connectivity index (χ0v) is 20.3. The van der Waals surface area contributed by atoms with E-state index in [4.69, 9.17) is 9.84 Å². The van der Waals surface area contributed by atoms with E-state index in [1.807, 2.05) is 45.0 Å². The van der Waals surface area contributed by atoms with Gasteiger partial charge in [0.25, 0.3) is 0 Å². The molecule has 34 heavy (non-hydrogen) atoms. The second-order valence-corrected chi connectivity index (χ2v) is 10.2. The van der Waals surface area contributed by atoms with Crippen LogP contribution in [0.3, 0.4) is 0 Å². The van der Waals surface area contributed by atoms with Crippen molar-refractivity contribution in [1.82, 2.24) is 10.6 Å². The number of carboxylic acid groups (broad SMARTS) is 1. The average Bonchev–Trinajstić information content (AvgIpc) is 3.08. The van der Waals surface area contributed by atoms with Crippen LogP contribution in [0.25, 0.3) is 11.1 Å². The fourth-order valence-corrected chi connectivity index (χ4v) is 4.45. The number of rotatable bonds is 9. The Morgan fingerprint density at radius 1 is 1.00 bits per heavy atom. The number of carboxylic acids is 1. The van der Waals surface area contributed by atoms with Crippen LogP contribution in [0.4, 0.5) is 4.79 Å². The van der Waals surface area contributed by atoms with Gasteiger partial charge in [-0.05, 0) is 34.1 Å². The molecule has 3 rings (SSSR count). The molecule has 1 aliphatic carbocycles. The molecule has 182 valence electrons. The maximum absolute atomic E-state index is 12.6. The predicted octanol–water partition coefficient (Wildman–Crippen LogP) is 4.56. The van der Waals surface area contributed by atoms with Gasteiger partial charge in [0.05, 0.1) is 12.3 Å². The van der Waals surface area contributed by atoms with E-state index in [1.165, 1.54) is 0 Å². The largest absolute Gasteiger partial charge is 0.481 e. The lowest BCUT2D eigenvalue weighted by atomic mass is 9.87. The van der Waals surface area contributed by atoms with E-state index in [0.29, 0.717) is 6.42 Å². The molecule has 2 unspecified atom stereocenters. The lowest BCUT2D eigenvalue weighted by molar-refractivity contribution is -0.138. The minimum absolute atomic E-state index is 0.0342. The van der Waals surface area contributed by atoms with Crippen LogP contribution in [0, 0.1) is 11.3 Å². The van der Waals surface area contributed by atoms with E-state index in [-0.39, 0.29) is 36.8 Å². The van der Waals surface area contributed by atoms with Gasteiger partial charge in [-0.25, -0.2) is 4.79 Å². The van der Waals surface area contributed by atoms with Crippen LogP contribution >= 0.6 is 0 Å². The van der Waals surface area contributed by atoms with E-state index >= 15 is 0 Å². The molecule has 0 radical (unpaired) electrons. The highest BCUT2D eigenvalue weighted by Crippen LogP contribution is 2.44. The van der Waals surface area contributed by atoms with Gasteiger partial charge in [-0.2, -0.15) is 0 Å². The Morgan fingerprint density at radius 2 is 1.56 bits per heavy atom. The maximum atomic E-state index is 12.6. The van der Waals surface area contributed by atoms with Gasteiger partial charge in [-0.1, -0.05) is 76.2 Å². The molecule has 0 saturated heterocycles. The molecule has 2 atom stereocenters. The Balaban J connectivity index is 1.51. The summed E-state index contributed by atoms with van der Waals surface area (Å²) in [6.07, 6.45) is -0.189. The van der Waals surface area contributed by atoms with Crippen molar-refractivity contribution in [3.63, 3.8) is 0 Å². The summed E-state index contributed by atoms with van der Waals surface area (Å²) in [6, 6.07) is 15.8. The summed E-state index contributed by atoms with van der Waals surface area (Å²) in [6.45, 7) is 7.97. The molecule has 7 nitrogen and oxygen atoms in total. The smallest absolute Gasteiger partial charge is 0.407 e. The topological polar surface area (TPSA) is 105 Å². The van der Waals surface area contributed by atoms with E-state index in [2.05, 4.69) is 34.9 Å². The summed E-state index contributed by atoms with van der Waals surface area (Å²) < 4.78 is 5.51. The zero-order chi connectivity index (χ0) is 24.9. The third kappa shape index (κ3) is 6.59. The summed E-state index contributed by atoms with van der Waals surface area (Å²) in [5, 5.41) is 14.6. The lowest BCUT2D eigenvalue weighted by Crippen LogP contribution is -2.44. The van der Waals surface area contributed by atoms with Gasteiger partial charge in [0.15, 0.2) is 0 Å². The fraction of sp³-hybridized carbons (Fsp3) is 0.444. The van der Waals surface area contributed by atoms with E-state index in [9.17, 15) is 14.4 Å².